The maximum absolute atomic E-state index is 14.2. The van der Waals surface area contributed by atoms with Gasteiger partial charge in [-0.1, -0.05) is 0 Å². The van der Waals surface area contributed by atoms with E-state index in [4.69, 9.17) is 17.0 Å². The Hall–Kier alpha value is -1.64. The Morgan fingerprint density at radius 1 is 1.25 bits per heavy atom. The van der Waals surface area contributed by atoms with Gasteiger partial charge in [0.15, 0.2) is 16.4 Å². The van der Waals surface area contributed by atoms with Gasteiger partial charge < -0.3 is 19.6 Å². The van der Waals surface area contributed by atoms with Crippen LogP contribution < -0.4 is 5.32 Å². The number of hydrogen-bond acceptors (Lipinski definition) is 3. The lowest BCUT2D eigenvalue weighted by Gasteiger charge is -2.23. The number of H-pyrrole nitrogens is 1. The molecule has 1 aromatic heterocycles. The topological polar surface area (TPSA) is 42.0 Å². The first-order valence-electron chi connectivity index (χ1n) is 9.79. The molecular weight excluding hydrogens is 387 g/mol. The Morgan fingerprint density at radius 2 is 2.07 bits per heavy atom. The van der Waals surface area contributed by atoms with Crippen LogP contribution in [0, 0.1) is 22.2 Å². The number of aryl methyl sites for hydroxylation is 1. The average molecular weight is 411 g/mol. The number of aromatic amines is 1. The molecule has 28 heavy (non-hydrogen) atoms. The van der Waals surface area contributed by atoms with Crippen molar-refractivity contribution in [3.8, 4) is 0 Å². The molecule has 152 valence electrons. The first-order valence-corrected chi connectivity index (χ1v) is 10.2. The lowest BCUT2D eigenvalue weighted by atomic mass is 9.95. The summed E-state index contributed by atoms with van der Waals surface area (Å²) in [6, 6.07) is 2.23. The molecule has 2 aromatic rings. The van der Waals surface area contributed by atoms with Gasteiger partial charge in [-0.3, -0.25) is 0 Å². The van der Waals surface area contributed by atoms with Crippen molar-refractivity contribution in [2.75, 3.05) is 19.8 Å². The number of aromatic nitrogens is 2. The summed E-state index contributed by atoms with van der Waals surface area (Å²) in [4.78, 5) is 3.23. The van der Waals surface area contributed by atoms with E-state index in [0.29, 0.717) is 23.8 Å². The molecule has 3 heterocycles. The van der Waals surface area contributed by atoms with E-state index in [1.165, 1.54) is 0 Å². The van der Waals surface area contributed by atoms with E-state index >= 15 is 0 Å². The Balaban J connectivity index is 1.41. The summed E-state index contributed by atoms with van der Waals surface area (Å²) < 4.78 is 49.9. The Labute approximate surface area is 167 Å². The number of halogens is 3. The fourth-order valence-electron chi connectivity index (χ4n) is 4.29. The first kappa shape index (κ1) is 19.7. The average Bonchev–Trinajstić information content (AvgIpc) is 3.24. The Morgan fingerprint density at radius 3 is 2.86 bits per heavy atom. The van der Waals surface area contributed by atoms with E-state index in [0.717, 1.165) is 69.0 Å². The highest BCUT2D eigenvalue weighted by Crippen LogP contribution is 2.35. The summed E-state index contributed by atoms with van der Waals surface area (Å²) in [5.41, 5.74) is 1.80. The van der Waals surface area contributed by atoms with Crippen molar-refractivity contribution in [1.82, 2.24) is 14.9 Å². The maximum atomic E-state index is 14.2. The minimum atomic E-state index is -1.09. The zero-order valence-corrected chi connectivity index (χ0v) is 16.4. The van der Waals surface area contributed by atoms with Crippen LogP contribution >= 0.6 is 12.2 Å². The van der Waals surface area contributed by atoms with Crippen LogP contribution in [0.3, 0.4) is 0 Å². The van der Waals surface area contributed by atoms with Gasteiger partial charge >= 0.3 is 0 Å². The highest BCUT2D eigenvalue weighted by molar-refractivity contribution is 7.71. The Kier molecular flexibility index (Phi) is 5.89. The van der Waals surface area contributed by atoms with E-state index < -0.39 is 23.4 Å². The van der Waals surface area contributed by atoms with Crippen LogP contribution in [-0.2, 0) is 24.1 Å². The first-order chi connectivity index (χ1) is 13.5. The minimum absolute atomic E-state index is 0.178. The molecule has 2 unspecified atom stereocenters. The van der Waals surface area contributed by atoms with Crippen molar-refractivity contribution >= 4 is 12.2 Å². The van der Waals surface area contributed by atoms with Gasteiger partial charge in [-0.15, -0.1) is 0 Å². The van der Waals surface area contributed by atoms with Gasteiger partial charge in [0.2, 0.25) is 0 Å². The SMILES string of the molecule is Fc1ccc(F)c(C2Cc3c(CCCNC4CCCOC4)[nH]c(=S)n3C2)c1F. The lowest BCUT2D eigenvalue weighted by molar-refractivity contribution is 0.0705. The fraction of sp³-hybridized carbons (Fsp3) is 0.550. The fourth-order valence-corrected chi connectivity index (χ4v) is 4.60. The van der Waals surface area contributed by atoms with Crippen molar-refractivity contribution in [3.63, 3.8) is 0 Å². The molecule has 0 bridgehead atoms. The van der Waals surface area contributed by atoms with E-state index in [2.05, 4.69) is 10.3 Å². The number of nitrogens with one attached hydrogen (secondary N) is 2. The van der Waals surface area contributed by atoms with Crippen LogP contribution in [0.15, 0.2) is 12.1 Å². The maximum Gasteiger partial charge on any atom is 0.177 e. The van der Waals surface area contributed by atoms with Gasteiger partial charge in [-0.05, 0) is 63.0 Å². The number of hydrogen-bond donors (Lipinski definition) is 2. The molecule has 0 radical (unpaired) electrons. The predicted octanol–water partition coefficient (Wildman–Crippen LogP) is 4.00. The number of benzene rings is 1. The molecule has 0 saturated carbocycles. The van der Waals surface area contributed by atoms with Crippen molar-refractivity contribution in [1.29, 1.82) is 0 Å². The summed E-state index contributed by atoms with van der Waals surface area (Å²) in [6.45, 7) is 2.84. The molecule has 2 aliphatic heterocycles. The van der Waals surface area contributed by atoms with Crippen LogP contribution in [0.4, 0.5) is 13.2 Å². The predicted molar refractivity (Wildman–Crippen MR) is 103 cm³/mol. The molecule has 4 nitrogen and oxygen atoms in total. The molecule has 2 atom stereocenters. The summed E-state index contributed by atoms with van der Waals surface area (Å²) in [5.74, 6) is -3.26. The largest absolute Gasteiger partial charge is 0.380 e. The Bertz CT molecular complexity index is 905. The summed E-state index contributed by atoms with van der Waals surface area (Å²) in [5, 5.41) is 3.51. The number of imidazole rings is 1. The third kappa shape index (κ3) is 3.90. The molecule has 1 fully saturated rings. The molecule has 8 heteroatoms. The monoisotopic (exact) mass is 411 g/mol. The van der Waals surface area contributed by atoms with Crippen molar-refractivity contribution in [3.05, 3.63) is 51.3 Å². The van der Waals surface area contributed by atoms with Gasteiger partial charge in [-0.2, -0.15) is 0 Å². The summed E-state index contributed by atoms with van der Waals surface area (Å²) >= 11 is 5.39. The molecular formula is C20H24F3N3OS. The third-order valence-corrected chi connectivity index (χ3v) is 6.03. The zero-order valence-electron chi connectivity index (χ0n) is 15.6. The number of ether oxygens (including phenoxy) is 1. The minimum Gasteiger partial charge on any atom is -0.380 e. The van der Waals surface area contributed by atoms with Crippen molar-refractivity contribution in [2.45, 2.75) is 50.6 Å². The van der Waals surface area contributed by atoms with Crippen LogP contribution in [0.25, 0.3) is 0 Å². The summed E-state index contributed by atoms with van der Waals surface area (Å²) in [6.07, 6.45) is 4.39. The second-order valence-corrected chi connectivity index (χ2v) is 7.98. The molecule has 2 N–H and O–H groups in total. The number of nitrogens with zero attached hydrogens (tertiary/aromatic N) is 1. The van der Waals surface area contributed by atoms with Crippen LogP contribution in [-0.4, -0.2) is 35.4 Å². The van der Waals surface area contributed by atoms with Gasteiger partial charge in [-0.25, -0.2) is 13.2 Å². The second-order valence-electron chi connectivity index (χ2n) is 7.60. The molecule has 1 saturated heterocycles. The van der Waals surface area contributed by atoms with Gasteiger partial charge in [0.1, 0.15) is 5.82 Å². The van der Waals surface area contributed by atoms with Gasteiger partial charge in [0, 0.05) is 42.1 Å². The normalized spacial score (nSPS) is 21.8. The quantitative estimate of drug-likeness (QED) is 0.429. The smallest absolute Gasteiger partial charge is 0.177 e. The zero-order chi connectivity index (χ0) is 19.7. The molecule has 0 aliphatic carbocycles. The molecule has 4 rings (SSSR count). The number of fused-ring (bicyclic) bond motifs is 1. The van der Waals surface area contributed by atoms with E-state index in [1.54, 1.807) is 0 Å². The van der Waals surface area contributed by atoms with Crippen LogP contribution in [0.2, 0.25) is 0 Å². The number of rotatable bonds is 6. The van der Waals surface area contributed by atoms with Gasteiger partial charge in [0.05, 0.1) is 6.61 Å². The highest BCUT2D eigenvalue weighted by Gasteiger charge is 2.31. The third-order valence-electron chi connectivity index (χ3n) is 5.70. The van der Waals surface area contributed by atoms with E-state index in [1.807, 2.05) is 4.57 Å². The van der Waals surface area contributed by atoms with Gasteiger partial charge in [0.25, 0.3) is 0 Å². The molecule has 1 aromatic carbocycles. The van der Waals surface area contributed by atoms with Crippen LogP contribution in [0.5, 0.6) is 0 Å². The van der Waals surface area contributed by atoms with Crippen molar-refractivity contribution in [2.24, 2.45) is 0 Å². The van der Waals surface area contributed by atoms with E-state index in [9.17, 15) is 13.2 Å². The summed E-state index contributed by atoms with van der Waals surface area (Å²) in [7, 11) is 0. The standard InChI is InChI=1S/C20H24F3N3OS/c21-14-5-6-15(22)19(23)18(14)12-9-17-16(25-20(28)26(17)10-12)4-1-7-24-13-3-2-8-27-11-13/h5-6,12-13,24H,1-4,7-11H2,(H,25,28). The highest BCUT2D eigenvalue weighted by atomic mass is 32.1. The molecule has 0 spiro atoms. The molecule has 0 amide bonds. The lowest BCUT2D eigenvalue weighted by Crippen LogP contribution is -2.37. The second kappa shape index (κ2) is 8.39. The van der Waals surface area contributed by atoms with E-state index in [-0.39, 0.29) is 5.56 Å². The van der Waals surface area contributed by atoms with Crippen LogP contribution in [0.1, 0.15) is 42.1 Å². The molecule has 2 aliphatic rings. The van der Waals surface area contributed by atoms with Crippen molar-refractivity contribution < 1.29 is 17.9 Å².